The summed E-state index contributed by atoms with van der Waals surface area (Å²) in [6, 6.07) is 15.2. The third-order valence-electron chi connectivity index (χ3n) is 3.87. The molecule has 0 aliphatic carbocycles. The molecule has 0 amide bonds. The quantitative estimate of drug-likeness (QED) is 0.526. The lowest BCUT2D eigenvalue weighted by Gasteiger charge is -2.23. The first-order valence-corrected chi connectivity index (χ1v) is 7.18. The number of quaternary nitrogens is 1. The Kier molecular flexibility index (Phi) is 3.10. The summed E-state index contributed by atoms with van der Waals surface area (Å²) in [5.41, 5.74) is 4.56. The van der Waals surface area contributed by atoms with E-state index in [4.69, 9.17) is 4.98 Å². The second-order valence-electron chi connectivity index (χ2n) is 6.65. The molecule has 108 valence electrons. The molecule has 0 radical (unpaired) electrons. The van der Waals surface area contributed by atoms with E-state index in [0.29, 0.717) is 0 Å². The predicted octanol–water partition coefficient (Wildman–Crippen LogP) is 3.65. The average molecular weight is 280 g/mol. The van der Waals surface area contributed by atoms with Crippen LogP contribution < -0.4 is 9.38 Å². The van der Waals surface area contributed by atoms with Crippen molar-refractivity contribution in [1.82, 2.24) is 9.47 Å². The van der Waals surface area contributed by atoms with Crippen molar-refractivity contribution in [1.29, 1.82) is 0 Å². The molecule has 1 aromatic heterocycles. The lowest BCUT2D eigenvalue weighted by atomic mass is 10.1. The molecule has 21 heavy (non-hydrogen) atoms. The SMILES string of the molecule is CN(C)c1ccc2cc3cc([N+](C)(C)C)ccc3nc2c1. The maximum atomic E-state index is 4.81. The zero-order valence-electron chi connectivity index (χ0n) is 13.4. The summed E-state index contributed by atoms with van der Waals surface area (Å²) >= 11 is 0. The number of rotatable bonds is 2. The summed E-state index contributed by atoms with van der Waals surface area (Å²) in [4.78, 5) is 6.91. The minimum absolute atomic E-state index is 0.813. The fraction of sp³-hybridized carbons (Fsp3) is 0.278. The lowest BCUT2D eigenvalue weighted by molar-refractivity contribution is 0.487. The summed E-state index contributed by atoms with van der Waals surface area (Å²) in [6.07, 6.45) is 0. The van der Waals surface area contributed by atoms with E-state index in [1.54, 1.807) is 0 Å². The van der Waals surface area contributed by atoms with Gasteiger partial charge in [-0.05, 0) is 24.3 Å². The van der Waals surface area contributed by atoms with E-state index in [2.05, 4.69) is 82.6 Å². The number of nitrogens with zero attached hydrogens (tertiary/aromatic N) is 3. The van der Waals surface area contributed by atoms with Gasteiger partial charge in [0.15, 0.2) is 0 Å². The van der Waals surface area contributed by atoms with Crippen LogP contribution in [0.5, 0.6) is 0 Å². The molecule has 0 unspecified atom stereocenters. The summed E-state index contributed by atoms with van der Waals surface area (Å²) in [7, 11) is 10.6. The molecule has 0 saturated heterocycles. The Labute approximate surface area is 126 Å². The molecule has 0 N–H and O–H groups in total. The van der Waals surface area contributed by atoms with Crippen LogP contribution in [0.15, 0.2) is 42.5 Å². The third-order valence-corrected chi connectivity index (χ3v) is 3.87. The Morgan fingerprint density at radius 2 is 1.57 bits per heavy atom. The summed E-state index contributed by atoms with van der Waals surface area (Å²) in [5.74, 6) is 0. The molecule has 2 aromatic carbocycles. The predicted molar refractivity (Wildman–Crippen MR) is 93.1 cm³/mol. The monoisotopic (exact) mass is 280 g/mol. The Morgan fingerprint density at radius 3 is 2.24 bits per heavy atom. The lowest BCUT2D eigenvalue weighted by Crippen LogP contribution is -2.34. The highest BCUT2D eigenvalue weighted by Crippen LogP contribution is 2.27. The Balaban J connectivity index is 2.22. The molecule has 0 fully saturated rings. The van der Waals surface area contributed by atoms with E-state index in [1.165, 1.54) is 22.1 Å². The van der Waals surface area contributed by atoms with Gasteiger partial charge in [-0.1, -0.05) is 6.07 Å². The van der Waals surface area contributed by atoms with Crippen molar-refractivity contribution in [3.05, 3.63) is 42.5 Å². The highest BCUT2D eigenvalue weighted by atomic mass is 15.3. The molecular weight excluding hydrogens is 258 g/mol. The van der Waals surface area contributed by atoms with Crippen molar-refractivity contribution in [2.45, 2.75) is 0 Å². The Hall–Kier alpha value is -2.13. The molecule has 0 aliphatic rings. The Morgan fingerprint density at radius 1 is 0.810 bits per heavy atom. The van der Waals surface area contributed by atoms with Gasteiger partial charge < -0.3 is 4.90 Å². The minimum atomic E-state index is 0.813. The van der Waals surface area contributed by atoms with Gasteiger partial charge >= 0.3 is 0 Å². The van der Waals surface area contributed by atoms with Gasteiger partial charge in [-0.3, -0.25) is 4.48 Å². The third kappa shape index (κ3) is 2.57. The van der Waals surface area contributed by atoms with Crippen molar-refractivity contribution in [2.24, 2.45) is 0 Å². The standard InChI is InChI=1S/C18H22N3/c1-20(2)15-7-6-13-10-14-11-16(21(3,4)5)8-9-17(14)19-18(13)12-15/h6-12H,1-5H3/q+1. The van der Waals surface area contributed by atoms with Gasteiger partial charge in [-0.2, -0.15) is 0 Å². The largest absolute Gasteiger partial charge is 0.378 e. The number of anilines is 1. The van der Waals surface area contributed by atoms with Crippen LogP contribution in [0.1, 0.15) is 0 Å². The zero-order valence-corrected chi connectivity index (χ0v) is 13.4. The second-order valence-corrected chi connectivity index (χ2v) is 6.65. The van der Waals surface area contributed by atoms with E-state index in [-0.39, 0.29) is 0 Å². The number of hydrogen-bond acceptors (Lipinski definition) is 2. The average Bonchev–Trinajstić information content (AvgIpc) is 2.42. The highest BCUT2D eigenvalue weighted by Gasteiger charge is 2.13. The molecule has 0 atom stereocenters. The van der Waals surface area contributed by atoms with Crippen LogP contribution in [0.2, 0.25) is 0 Å². The first-order valence-electron chi connectivity index (χ1n) is 7.18. The molecule has 1 heterocycles. The van der Waals surface area contributed by atoms with Crippen LogP contribution in [0.25, 0.3) is 21.8 Å². The van der Waals surface area contributed by atoms with Gasteiger partial charge in [0.1, 0.15) is 5.69 Å². The smallest absolute Gasteiger partial charge is 0.132 e. The molecule has 0 spiro atoms. The first kappa shape index (κ1) is 13.8. The van der Waals surface area contributed by atoms with Gasteiger partial charge in [0, 0.05) is 42.7 Å². The van der Waals surface area contributed by atoms with Gasteiger partial charge in [-0.25, -0.2) is 4.98 Å². The highest BCUT2D eigenvalue weighted by molar-refractivity contribution is 5.95. The molecule has 3 aromatic rings. The van der Waals surface area contributed by atoms with Crippen molar-refractivity contribution in [3.8, 4) is 0 Å². The normalized spacial score (nSPS) is 12.0. The topological polar surface area (TPSA) is 16.1 Å². The summed E-state index contributed by atoms with van der Waals surface area (Å²) < 4.78 is 0.813. The molecular formula is C18H22N3+. The van der Waals surface area contributed by atoms with Crippen LogP contribution >= 0.6 is 0 Å². The van der Waals surface area contributed by atoms with Crippen LogP contribution in [-0.2, 0) is 0 Å². The molecule has 0 bridgehead atoms. The van der Waals surface area contributed by atoms with Crippen LogP contribution in [0.4, 0.5) is 11.4 Å². The van der Waals surface area contributed by atoms with E-state index in [1.807, 2.05) is 0 Å². The van der Waals surface area contributed by atoms with Crippen molar-refractivity contribution < 1.29 is 0 Å². The molecule has 3 heteroatoms. The van der Waals surface area contributed by atoms with Crippen LogP contribution in [0, 0.1) is 0 Å². The van der Waals surface area contributed by atoms with Gasteiger partial charge in [0.25, 0.3) is 0 Å². The number of fused-ring (bicyclic) bond motifs is 2. The van der Waals surface area contributed by atoms with E-state index < -0.39 is 0 Å². The van der Waals surface area contributed by atoms with Gasteiger partial charge in [0.05, 0.1) is 32.2 Å². The fourth-order valence-corrected chi connectivity index (χ4v) is 2.50. The zero-order chi connectivity index (χ0) is 15.2. The molecule has 3 nitrogen and oxygen atoms in total. The minimum Gasteiger partial charge on any atom is -0.378 e. The molecule has 3 rings (SSSR count). The molecule has 0 aliphatic heterocycles. The van der Waals surface area contributed by atoms with Crippen molar-refractivity contribution >= 4 is 33.2 Å². The summed E-state index contributed by atoms with van der Waals surface area (Å²) in [6.45, 7) is 0. The van der Waals surface area contributed by atoms with Crippen LogP contribution in [-0.4, -0.2) is 40.2 Å². The Bertz CT molecular complexity index is 814. The van der Waals surface area contributed by atoms with Gasteiger partial charge in [0.2, 0.25) is 0 Å². The maximum Gasteiger partial charge on any atom is 0.132 e. The number of aromatic nitrogens is 1. The van der Waals surface area contributed by atoms with Crippen LogP contribution in [0.3, 0.4) is 0 Å². The van der Waals surface area contributed by atoms with E-state index >= 15 is 0 Å². The first-order chi connectivity index (χ1) is 9.84. The number of pyridine rings is 1. The van der Waals surface area contributed by atoms with Crippen molar-refractivity contribution in [2.75, 3.05) is 40.1 Å². The van der Waals surface area contributed by atoms with Crippen molar-refractivity contribution in [3.63, 3.8) is 0 Å². The number of benzene rings is 2. The fourth-order valence-electron chi connectivity index (χ4n) is 2.50. The summed E-state index contributed by atoms with van der Waals surface area (Å²) in [5, 5.41) is 2.39. The number of hydrogen-bond donors (Lipinski definition) is 0. The molecule has 0 saturated carbocycles. The van der Waals surface area contributed by atoms with E-state index in [9.17, 15) is 0 Å². The maximum absolute atomic E-state index is 4.81. The second kappa shape index (κ2) is 4.71. The van der Waals surface area contributed by atoms with Gasteiger partial charge in [-0.15, -0.1) is 0 Å². The van der Waals surface area contributed by atoms with E-state index in [0.717, 1.165) is 15.5 Å².